The molecule has 0 radical (unpaired) electrons. The summed E-state index contributed by atoms with van der Waals surface area (Å²) in [6, 6.07) is 0.624. The Kier molecular flexibility index (Phi) is 7.98. The summed E-state index contributed by atoms with van der Waals surface area (Å²) in [4.78, 5) is 9.47. The first-order valence-corrected chi connectivity index (χ1v) is 8.82. The lowest BCUT2D eigenvalue weighted by Crippen LogP contribution is -2.63. The maximum Gasteiger partial charge on any atom is 0.191 e. The average molecular weight is 311 g/mol. The first kappa shape index (κ1) is 17.5. The number of guanidine groups is 1. The number of piperazine rings is 3. The molecule has 128 valence electrons. The van der Waals surface area contributed by atoms with Gasteiger partial charge in [0.25, 0.3) is 0 Å². The van der Waals surface area contributed by atoms with Crippen LogP contribution < -0.4 is 10.6 Å². The second kappa shape index (κ2) is 10.0. The molecule has 0 aliphatic carbocycles. The predicted molar refractivity (Wildman–Crippen MR) is 91.5 cm³/mol. The Labute approximate surface area is 135 Å². The Morgan fingerprint density at radius 1 is 1.14 bits per heavy atom. The van der Waals surface area contributed by atoms with Gasteiger partial charge in [-0.1, -0.05) is 13.3 Å². The number of aliphatic imine (C=N–C) groups is 1. The molecule has 0 aromatic rings. The highest BCUT2D eigenvalue weighted by molar-refractivity contribution is 5.79. The van der Waals surface area contributed by atoms with E-state index in [0.717, 1.165) is 45.1 Å². The zero-order valence-corrected chi connectivity index (χ0v) is 14.3. The lowest BCUT2D eigenvalue weighted by Gasteiger charge is -2.47. The van der Waals surface area contributed by atoms with Gasteiger partial charge in [-0.2, -0.15) is 0 Å². The minimum Gasteiger partial charge on any atom is -0.381 e. The lowest BCUT2D eigenvalue weighted by atomic mass is 10.1. The molecule has 0 aromatic carbocycles. The van der Waals surface area contributed by atoms with Crippen molar-refractivity contribution >= 4 is 5.96 Å². The molecule has 3 fully saturated rings. The van der Waals surface area contributed by atoms with E-state index in [4.69, 9.17) is 4.74 Å². The minimum atomic E-state index is 0.624. The molecule has 3 saturated heterocycles. The summed E-state index contributed by atoms with van der Waals surface area (Å²) < 4.78 is 5.57. The molecule has 2 bridgehead atoms. The molecule has 1 atom stereocenters. The topological polar surface area (TPSA) is 52.1 Å². The number of nitrogens with zero attached hydrogens (tertiary/aromatic N) is 3. The number of unbranched alkanes of at least 4 members (excludes halogenated alkanes) is 1. The molecule has 1 unspecified atom stereocenters. The second-order valence-electron chi connectivity index (χ2n) is 6.19. The normalized spacial score (nSPS) is 27.9. The summed E-state index contributed by atoms with van der Waals surface area (Å²) in [5.41, 5.74) is 0. The van der Waals surface area contributed by atoms with Crippen LogP contribution in [0, 0.1) is 0 Å². The molecular formula is C16H33N5O. The van der Waals surface area contributed by atoms with Gasteiger partial charge in [-0.15, -0.1) is 0 Å². The third-order valence-corrected chi connectivity index (χ3v) is 4.52. The van der Waals surface area contributed by atoms with E-state index < -0.39 is 0 Å². The molecule has 0 aromatic heterocycles. The van der Waals surface area contributed by atoms with Gasteiger partial charge in [-0.05, 0) is 12.8 Å². The van der Waals surface area contributed by atoms with Crippen molar-refractivity contribution in [3.05, 3.63) is 0 Å². The summed E-state index contributed by atoms with van der Waals surface area (Å²) in [6.45, 7) is 11.9. The van der Waals surface area contributed by atoms with Crippen molar-refractivity contribution in [3.63, 3.8) is 0 Å². The van der Waals surface area contributed by atoms with Gasteiger partial charge in [0.05, 0.1) is 0 Å². The molecule has 0 spiro atoms. The predicted octanol–water partition coefficient (Wildman–Crippen LogP) is 0.358. The standard InChI is InChI=1S/C16H33N5O/c1-3-4-11-22-12-5-6-18-16(17-2)19-13-15-14-20-7-9-21(15)10-8-20/h15H,3-14H2,1-2H3,(H2,17,18,19). The zero-order chi connectivity index (χ0) is 15.6. The van der Waals surface area contributed by atoms with E-state index in [9.17, 15) is 0 Å². The summed E-state index contributed by atoms with van der Waals surface area (Å²) in [5.74, 6) is 0.909. The van der Waals surface area contributed by atoms with Crippen LogP contribution in [0.2, 0.25) is 0 Å². The van der Waals surface area contributed by atoms with Gasteiger partial charge in [0.1, 0.15) is 0 Å². The first-order chi connectivity index (χ1) is 10.8. The van der Waals surface area contributed by atoms with E-state index in [1.54, 1.807) is 0 Å². The average Bonchev–Trinajstić information content (AvgIpc) is 2.58. The molecular weight excluding hydrogens is 278 g/mol. The highest BCUT2D eigenvalue weighted by Crippen LogP contribution is 2.14. The highest BCUT2D eigenvalue weighted by Gasteiger charge is 2.31. The number of hydrogen-bond donors (Lipinski definition) is 2. The van der Waals surface area contributed by atoms with Gasteiger partial charge in [0.2, 0.25) is 0 Å². The Hall–Kier alpha value is -0.850. The Morgan fingerprint density at radius 3 is 2.55 bits per heavy atom. The van der Waals surface area contributed by atoms with Crippen LogP contribution in [0.3, 0.4) is 0 Å². The van der Waals surface area contributed by atoms with Crippen LogP contribution in [0.25, 0.3) is 0 Å². The zero-order valence-electron chi connectivity index (χ0n) is 14.3. The molecule has 0 saturated carbocycles. The van der Waals surface area contributed by atoms with Crippen molar-refractivity contribution in [2.24, 2.45) is 4.99 Å². The highest BCUT2D eigenvalue weighted by atomic mass is 16.5. The molecule has 3 rings (SSSR count). The molecule has 22 heavy (non-hydrogen) atoms. The van der Waals surface area contributed by atoms with E-state index in [-0.39, 0.29) is 0 Å². The Balaban J connectivity index is 1.54. The van der Waals surface area contributed by atoms with Gasteiger partial charge in [-0.25, -0.2) is 0 Å². The van der Waals surface area contributed by atoms with E-state index in [1.807, 2.05) is 7.05 Å². The van der Waals surface area contributed by atoms with Crippen molar-refractivity contribution < 1.29 is 4.74 Å². The van der Waals surface area contributed by atoms with E-state index in [2.05, 4.69) is 32.3 Å². The maximum absolute atomic E-state index is 5.57. The van der Waals surface area contributed by atoms with Gasteiger partial charge in [0, 0.05) is 72.1 Å². The fourth-order valence-electron chi connectivity index (χ4n) is 3.08. The van der Waals surface area contributed by atoms with Gasteiger partial charge in [-0.3, -0.25) is 14.8 Å². The monoisotopic (exact) mass is 311 g/mol. The second-order valence-corrected chi connectivity index (χ2v) is 6.19. The fourth-order valence-corrected chi connectivity index (χ4v) is 3.08. The first-order valence-electron chi connectivity index (χ1n) is 8.82. The molecule has 6 nitrogen and oxygen atoms in total. The Bertz CT molecular complexity index is 328. The molecule has 3 heterocycles. The van der Waals surface area contributed by atoms with Crippen molar-refractivity contribution in [2.75, 3.05) is 66.1 Å². The minimum absolute atomic E-state index is 0.624. The number of fused-ring (bicyclic) bond motifs is 3. The summed E-state index contributed by atoms with van der Waals surface area (Å²) in [7, 11) is 1.84. The molecule has 6 heteroatoms. The maximum atomic E-state index is 5.57. The van der Waals surface area contributed by atoms with E-state index in [1.165, 1.54) is 39.1 Å². The van der Waals surface area contributed by atoms with Gasteiger partial charge in [0.15, 0.2) is 5.96 Å². The van der Waals surface area contributed by atoms with Crippen LogP contribution in [0.1, 0.15) is 26.2 Å². The SMILES string of the molecule is CCCCOCCCNC(=NC)NCC1CN2CCN1CC2. The fraction of sp³-hybridized carbons (Fsp3) is 0.938. The summed E-state index contributed by atoms with van der Waals surface area (Å²) in [6.07, 6.45) is 3.38. The summed E-state index contributed by atoms with van der Waals surface area (Å²) >= 11 is 0. The van der Waals surface area contributed by atoms with Crippen LogP contribution in [0.5, 0.6) is 0 Å². The molecule has 2 N–H and O–H groups in total. The molecule has 3 aliphatic heterocycles. The van der Waals surface area contributed by atoms with Crippen molar-refractivity contribution in [3.8, 4) is 0 Å². The van der Waals surface area contributed by atoms with Crippen molar-refractivity contribution in [1.29, 1.82) is 0 Å². The quantitative estimate of drug-likeness (QED) is 0.366. The molecule has 3 aliphatic rings. The largest absolute Gasteiger partial charge is 0.381 e. The smallest absolute Gasteiger partial charge is 0.191 e. The lowest BCUT2D eigenvalue weighted by molar-refractivity contribution is 0.0154. The van der Waals surface area contributed by atoms with E-state index >= 15 is 0 Å². The van der Waals surface area contributed by atoms with Crippen LogP contribution in [-0.4, -0.2) is 87.9 Å². The van der Waals surface area contributed by atoms with Crippen molar-refractivity contribution in [2.45, 2.75) is 32.2 Å². The number of nitrogens with one attached hydrogen (secondary N) is 2. The number of hydrogen-bond acceptors (Lipinski definition) is 4. The third kappa shape index (κ3) is 5.74. The molecule has 0 amide bonds. The van der Waals surface area contributed by atoms with Crippen LogP contribution >= 0.6 is 0 Å². The van der Waals surface area contributed by atoms with Crippen LogP contribution in [-0.2, 0) is 4.74 Å². The van der Waals surface area contributed by atoms with E-state index in [0.29, 0.717) is 6.04 Å². The number of ether oxygens (including phenoxy) is 1. The summed E-state index contributed by atoms with van der Waals surface area (Å²) in [5, 5.41) is 6.84. The van der Waals surface area contributed by atoms with Crippen LogP contribution in [0.4, 0.5) is 0 Å². The Morgan fingerprint density at radius 2 is 1.91 bits per heavy atom. The van der Waals surface area contributed by atoms with Crippen molar-refractivity contribution in [1.82, 2.24) is 20.4 Å². The number of rotatable bonds is 9. The third-order valence-electron chi connectivity index (χ3n) is 4.52. The van der Waals surface area contributed by atoms with Crippen LogP contribution in [0.15, 0.2) is 4.99 Å². The van der Waals surface area contributed by atoms with Gasteiger partial charge >= 0.3 is 0 Å². The van der Waals surface area contributed by atoms with Gasteiger partial charge < -0.3 is 15.4 Å².